The van der Waals surface area contributed by atoms with Gasteiger partial charge in [0, 0.05) is 0 Å². The minimum Gasteiger partial charge on any atom is -0.478 e. The van der Waals surface area contributed by atoms with Gasteiger partial charge >= 0.3 is 5.97 Å². The Morgan fingerprint density at radius 2 is 1.41 bits per heavy atom. The van der Waals surface area contributed by atoms with Crippen LogP contribution in [0.1, 0.15) is 10.4 Å². The van der Waals surface area contributed by atoms with Crippen molar-refractivity contribution in [1.82, 2.24) is 0 Å². The summed E-state index contributed by atoms with van der Waals surface area (Å²) in [6.07, 6.45) is 0. The van der Waals surface area contributed by atoms with E-state index >= 15 is 0 Å². The van der Waals surface area contributed by atoms with E-state index in [4.69, 9.17) is 11.0 Å². The van der Waals surface area contributed by atoms with Crippen LogP contribution in [-0.2, 0) is 0 Å². The van der Waals surface area contributed by atoms with E-state index in [-0.39, 0.29) is 5.56 Å². The van der Waals surface area contributed by atoms with Crippen LogP contribution in [0.25, 0.3) is 11.1 Å². The summed E-state index contributed by atoms with van der Waals surface area (Å²) in [5.74, 6) is 4.68. The number of rotatable bonds is 3. The number of hydrogen-bond donors (Lipinski definition) is 2. The molecule has 4 nitrogen and oxygen atoms in total. The van der Waals surface area contributed by atoms with E-state index in [0.717, 1.165) is 11.1 Å². The molecule has 0 aromatic heterocycles. The largest absolute Gasteiger partial charge is 0.478 e. The summed E-state index contributed by atoms with van der Waals surface area (Å²) in [4.78, 5) is 15.3. The fourth-order valence-corrected chi connectivity index (χ4v) is 1.53. The maximum Gasteiger partial charge on any atom is 0.335 e. The lowest BCUT2D eigenvalue weighted by Gasteiger charge is -2.03. The normalized spacial score (nSPS) is 9.94. The van der Waals surface area contributed by atoms with E-state index < -0.39 is 5.97 Å². The van der Waals surface area contributed by atoms with Gasteiger partial charge in [0.1, 0.15) is 5.75 Å². The Morgan fingerprint density at radius 1 is 0.941 bits per heavy atom. The Hall–Kier alpha value is -2.33. The minimum absolute atomic E-state index is 0.274. The van der Waals surface area contributed by atoms with Crippen molar-refractivity contribution in [3.8, 4) is 16.9 Å². The molecule has 2 aromatic carbocycles. The number of carboxylic acid groups (broad SMARTS) is 1. The Morgan fingerprint density at radius 3 is 1.82 bits per heavy atom. The van der Waals surface area contributed by atoms with E-state index in [0.29, 0.717) is 5.75 Å². The van der Waals surface area contributed by atoms with E-state index in [2.05, 4.69) is 4.84 Å². The molecule has 0 aliphatic carbocycles. The predicted octanol–water partition coefficient (Wildman–Crippen LogP) is 2.30. The summed E-state index contributed by atoms with van der Waals surface area (Å²) < 4.78 is 0. The van der Waals surface area contributed by atoms with Crippen LogP contribution in [0.15, 0.2) is 48.5 Å². The predicted molar refractivity (Wildman–Crippen MR) is 63.7 cm³/mol. The zero-order valence-corrected chi connectivity index (χ0v) is 8.96. The monoisotopic (exact) mass is 229 g/mol. The van der Waals surface area contributed by atoms with E-state index in [1.54, 1.807) is 36.4 Å². The van der Waals surface area contributed by atoms with E-state index in [1.165, 1.54) is 0 Å². The van der Waals surface area contributed by atoms with Crippen molar-refractivity contribution in [1.29, 1.82) is 0 Å². The lowest BCUT2D eigenvalue weighted by Crippen LogP contribution is -2.01. The van der Waals surface area contributed by atoms with Crippen LogP contribution in [0.4, 0.5) is 0 Å². The molecule has 0 bridgehead atoms. The fraction of sp³-hybridized carbons (Fsp3) is 0. The second-order valence-electron chi connectivity index (χ2n) is 3.52. The molecule has 0 heterocycles. The van der Waals surface area contributed by atoms with Gasteiger partial charge in [-0.1, -0.05) is 24.3 Å². The van der Waals surface area contributed by atoms with Crippen LogP contribution in [0.3, 0.4) is 0 Å². The van der Waals surface area contributed by atoms with Crippen molar-refractivity contribution in [2.45, 2.75) is 0 Å². The van der Waals surface area contributed by atoms with Gasteiger partial charge in [-0.3, -0.25) is 0 Å². The summed E-state index contributed by atoms with van der Waals surface area (Å²) in [5.41, 5.74) is 2.19. The summed E-state index contributed by atoms with van der Waals surface area (Å²) >= 11 is 0. The molecule has 0 fully saturated rings. The smallest absolute Gasteiger partial charge is 0.335 e. The lowest BCUT2D eigenvalue weighted by atomic mass is 10.0. The Balaban J connectivity index is 2.29. The molecular formula is C13H11NO3. The highest BCUT2D eigenvalue weighted by molar-refractivity contribution is 5.88. The molecule has 0 radical (unpaired) electrons. The van der Waals surface area contributed by atoms with Crippen LogP contribution in [0.2, 0.25) is 0 Å². The third-order valence-electron chi connectivity index (χ3n) is 2.46. The van der Waals surface area contributed by atoms with Gasteiger partial charge in [-0.15, -0.1) is 0 Å². The first-order valence-corrected chi connectivity index (χ1v) is 5.01. The zero-order valence-electron chi connectivity index (χ0n) is 8.96. The third-order valence-corrected chi connectivity index (χ3v) is 2.46. The average Bonchev–Trinajstić information content (AvgIpc) is 2.39. The lowest BCUT2D eigenvalue weighted by molar-refractivity contribution is 0.0697. The third kappa shape index (κ3) is 2.43. The first kappa shape index (κ1) is 11.2. The molecule has 0 saturated heterocycles. The number of nitrogens with two attached hydrogens (primary N) is 1. The number of carbonyl (C=O) groups is 1. The van der Waals surface area contributed by atoms with Crippen molar-refractivity contribution in [3.63, 3.8) is 0 Å². The van der Waals surface area contributed by atoms with Crippen molar-refractivity contribution < 1.29 is 14.7 Å². The molecule has 0 amide bonds. The van der Waals surface area contributed by atoms with Crippen LogP contribution >= 0.6 is 0 Å². The Bertz CT molecular complexity index is 517. The fourth-order valence-electron chi connectivity index (χ4n) is 1.53. The standard InChI is InChI=1S/C13H11NO3/c14-17-12-7-5-10(6-8-12)9-1-3-11(4-2-9)13(15)16/h1-8H,14H2,(H,15,16). The van der Waals surface area contributed by atoms with Gasteiger partial charge in [-0.2, -0.15) is 5.90 Å². The van der Waals surface area contributed by atoms with Gasteiger partial charge in [0.05, 0.1) is 5.56 Å². The maximum absolute atomic E-state index is 10.7. The van der Waals surface area contributed by atoms with Gasteiger partial charge in [-0.05, 0) is 35.4 Å². The molecule has 0 saturated carbocycles. The second-order valence-corrected chi connectivity index (χ2v) is 3.52. The number of aromatic carboxylic acids is 1. The van der Waals surface area contributed by atoms with Crippen LogP contribution in [-0.4, -0.2) is 11.1 Å². The molecule has 0 atom stereocenters. The quantitative estimate of drug-likeness (QED) is 0.792. The maximum atomic E-state index is 10.7. The van der Waals surface area contributed by atoms with E-state index in [1.807, 2.05) is 12.1 Å². The van der Waals surface area contributed by atoms with Crippen molar-refractivity contribution in [3.05, 3.63) is 54.1 Å². The molecule has 4 heteroatoms. The highest BCUT2D eigenvalue weighted by Gasteiger charge is 2.03. The molecule has 86 valence electrons. The van der Waals surface area contributed by atoms with Gasteiger partial charge < -0.3 is 9.94 Å². The molecule has 0 aliphatic heterocycles. The van der Waals surface area contributed by atoms with Crippen LogP contribution in [0, 0.1) is 0 Å². The molecular weight excluding hydrogens is 218 g/mol. The topological polar surface area (TPSA) is 72.5 Å². The van der Waals surface area contributed by atoms with Gasteiger partial charge in [-0.25, -0.2) is 4.79 Å². The zero-order chi connectivity index (χ0) is 12.3. The van der Waals surface area contributed by atoms with Gasteiger partial charge in [0.25, 0.3) is 0 Å². The number of benzene rings is 2. The highest BCUT2D eigenvalue weighted by Crippen LogP contribution is 2.22. The van der Waals surface area contributed by atoms with Crippen molar-refractivity contribution in [2.24, 2.45) is 5.90 Å². The summed E-state index contributed by atoms with van der Waals surface area (Å²) in [5, 5.41) is 8.78. The highest BCUT2D eigenvalue weighted by atomic mass is 16.6. The van der Waals surface area contributed by atoms with Crippen molar-refractivity contribution >= 4 is 5.97 Å². The molecule has 2 rings (SSSR count). The average molecular weight is 229 g/mol. The summed E-state index contributed by atoms with van der Waals surface area (Å²) in [6.45, 7) is 0. The Kier molecular flexibility index (Phi) is 3.07. The number of carboxylic acids is 1. The summed E-state index contributed by atoms with van der Waals surface area (Å²) in [7, 11) is 0. The van der Waals surface area contributed by atoms with Gasteiger partial charge in [0.15, 0.2) is 0 Å². The molecule has 0 unspecified atom stereocenters. The molecule has 17 heavy (non-hydrogen) atoms. The van der Waals surface area contributed by atoms with Crippen LogP contribution in [0.5, 0.6) is 5.75 Å². The molecule has 0 aliphatic rings. The first-order valence-electron chi connectivity index (χ1n) is 5.01. The SMILES string of the molecule is NOc1ccc(-c2ccc(C(=O)O)cc2)cc1. The molecule has 2 aromatic rings. The molecule has 3 N–H and O–H groups in total. The molecule has 0 spiro atoms. The first-order chi connectivity index (χ1) is 8.20. The number of hydrogen-bond acceptors (Lipinski definition) is 3. The minimum atomic E-state index is -0.927. The van der Waals surface area contributed by atoms with Gasteiger partial charge in [0.2, 0.25) is 0 Å². The second kappa shape index (κ2) is 4.67. The Labute approximate surface area is 98.2 Å². The summed E-state index contributed by atoms with van der Waals surface area (Å²) in [6, 6.07) is 13.9. The van der Waals surface area contributed by atoms with Crippen molar-refractivity contribution in [2.75, 3.05) is 0 Å². The van der Waals surface area contributed by atoms with E-state index in [9.17, 15) is 4.79 Å². The van der Waals surface area contributed by atoms with Crippen LogP contribution < -0.4 is 10.7 Å².